The fourth-order valence-electron chi connectivity index (χ4n) is 1.75. The molecule has 2 nitrogen and oxygen atoms in total. The van der Waals surface area contributed by atoms with Crippen LogP contribution in [-0.2, 0) is 11.2 Å². The Balaban J connectivity index is 2.55. The SMILES string of the molecule is CCCc1ccc(C(N)CCC(C)=O)cc1. The zero-order chi connectivity index (χ0) is 12.0. The van der Waals surface area contributed by atoms with Crippen LogP contribution in [0, 0.1) is 0 Å². The molecule has 0 saturated heterocycles. The molecule has 0 radical (unpaired) electrons. The fraction of sp³-hybridized carbons (Fsp3) is 0.500. The highest BCUT2D eigenvalue weighted by molar-refractivity contribution is 5.75. The first-order chi connectivity index (χ1) is 7.63. The molecule has 0 aliphatic heterocycles. The molecule has 0 spiro atoms. The molecule has 0 aliphatic rings. The first-order valence-corrected chi connectivity index (χ1v) is 5.97. The highest BCUT2D eigenvalue weighted by Gasteiger charge is 2.06. The van der Waals surface area contributed by atoms with Crippen molar-refractivity contribution < 1.29 is 4.79 Å². The Morgan fingerprint density at radius 2 is 1.94 bits per heavy atom. The van der Waals surface area contributed by atoms with Gasteiger partial charge in [-0.15, -0.1) is 0 Å². The number of carbonyl (C=O) groups excluding carboxylic acids is 1. The van der Waals surface area contributed by atoms with Gasteiger partial charge in [0.25, 0.3) is 0 Å². The first kappa shape index (κ1) is 12.9. The standard InChI is InChI=1S/C14H21NO/c1-3-4-12-6-8-13(9-7-12)14(15)10-5-11(2)16/h6-9,14H,3-5,10,15H2,1-2H3. The van der Waals surface area contributed by atoms with Crippen LogP contribution in [0.25, 0.3) is 0 Å². The summed E-state index contributed by atoms with van der Waals surface area (Å²) in [7, 11) is 0. The van der Waals surface area contributed by atoms with Gasteiger partial charge in [-0.2, -0.15) is 0 Å². The summed E-state index contributed by atoms with van der Waals surface area (Å²) in [5, 5.41) is 0. The van der Waals surface area contributed by atoms with Crippen LogP contribution in [0.15, 0.2) is 24.3 Å². The predicted molar refractivity (Wildman–Crippen MR) is 67.3 cm³/mol. The minimum atomic E-state index is -0.0143. The van der Waals surface area contributed by atoms with Crippen molar-refractivity contribution in [3.8, 4) is 0 Å². The Morgan fingerprint density at radius 1 is 1.31 bits per heavy atom. The summed E-state index contributed by atoms with van der Waals surface area (Å²) in [6, 6.07) is 8.41. The third-order valence-corrected chi connectivity index (χ3v) is 2.75. The number of ketones is 1. The molecule has 0 bridgehead atoms. The molecule has 0 aliphatic carbocycles. The van der Waals surface area contributed by atoms with Gasteiger partial charge in [0.05, 0.1) is 0 Å². The van der Waals surface area contributed by atoms with Gasteiger partial charge < -0.3 is 10.5 Å². The van der Waals surface area contributed by atoms with Gasteiger partial charge in [0, 0.05) is 12.5 Å². The second kappa shape index (κ2) is 6.44. The van der Waals surface area contributed by atoms with Crippen molar-refractivity contribution in [3.05, 3.63) is 35.4 Å². The quantitative estimate of drug-likeness (QED) is 0.799. The van der Waals surface area contributed by atoms with Crippen molar-refractivity contribution in [1.82, 2.24) is 0 Å². The smallest absolute Gasteiger partial charge is 0.129 e. The maximum absolute atomic E-state index is 10.9. The maximum atomic E-state index is 10.9. The van der Waals surface area contributed by atoms with E-state index >= 15 is 0 Å². The molecule has 16 heavy (non-hydrogen) atoms. The van der Waals surface area contributed by atoms with E-state index in [2.05, 4.69) is 31.2 Å². The lowest BCUT2D eigenvalue weighted by molar-refractivity contribution is -0.117. The summed E-state index contributed by atoms with van der Waals surface area (Å²) in [5.41, 5.74) is 8.49. The molecule has 1 atom stereocenters. The second-order valence-electron chi connectivity index (χ2n) is 4.34. The molecule has 88 valence electrons. The fourth-order valence-corrected chi connectivity index (χ4v) is 1.75. The lowest BCUT2D eigenvalue weighted by Crippen LogP contribution is -2.11. The van der Waals surface area contributed by atoms with Gasteiger partial charge in [-0.05, 0) is 30.9 Å². The molecule has 1 aromatic rings. The van der Waals surface area contributed by atoms with E-state index in [1.165, 1.54) is 5.56 Å². The Morgan fingerprint density at radius 3 is 2.44 bits per heavy atom. The van der Waals surface area contributed by atoms with Crippen LogP contribution in [0.2, 0.25) is 0 Å². The minimum absolute atomic E-state index is 0.0143. The van der Waals surface area contributed by atoms with E-state index in [-0.39, 0.29) is 11.8 Å². The summed E-state index contributed by atoms with van der Waals surface area (Å²) in [6.07, 6.45) is 3.58. The molecular weight excluding hydrogens is 198 g/mol. The molecule has 0 saturated carbocycles. The molecule has 1 aromatic carbocycles. The van der Waals surface area contributed by atoms with Crippen molar-refractivity contribution >= 4 is 5.78 Å². The van der Waals surface area contributed by atoms with Crippen LogP contribution in [-0.4, -0.2) is 5.78 Å². The average molecular weight is 219 g/mol. The number of rotatable bonds is 6. The number of nitrogens with two attached hydrogens (primary N) is 1. The molecule has 0 aromatic heterocycles. The molecule has 2 N–H and O–H groups in total. The molecule has 0 amide bonds. The number of aryl methyl sites for hydroxylation is 1. The molecule has 1 unspecified atom stereocenters. The first-order valence-electron chi connectivity index (χ1n) is 5.97. The van der Waals surface area contributed by atoms with E-state index < -0.39 is 0 Å². The van der Waals surface area contributed by atoms with Crippen LogP contribution in [0.5, 0.6) is 0 Å². The zero-order valence-electron chi connectivity index (χ0n) is 10.2. The van der Waals surface area contributed by atoms with Crippen molar-refractivity contribution in [2.24, 2.45) is 5.73 Å². The highest BCUT2D eigenvalue weighted by atomic mass is 16.1. The van der Waals surface area contributed by atoms with Gasteiger partial charge in [0.2, 0.25) is 0 Å². The van der Waals surface area contributed by atoms with E-state index in [1.807, 2.05) is 0 Å². The minimum Gasteiger partial charge on any atom is -0.324 e. The maximum Gasteiger partial charge on any atom is 0.129 e. The largest absolute Gasteiger partial charge is 0.324 e. The van der Waals surface area contributed by atoms with Gasteiger partial charge in [-0.1, -0.05) is 37.6 Å². The summed E-state index contributed by atoms with van der Waals surface area (Å²) in [4.78, 5) is 10.9. The number of benzene rings is 1. The third kappa shape index (κ3) is 4.15. The molecule has 0 heterocycles. The Bertz CT molecular complexity index is 329. The lowest BCUT2D eigenvalue weighted by Gasteiger charge is -2.11. The average Bonchev–Trinajstić information content (AvgIpc) is 2.27. The van der Waals surface area contributed by atoms with E-state index in [0.29, 0.717) is 6.42 Å². The summed E-state index contributed by atoms with van der Waals surface area (Å²) >= 11 is 0. The van der Waals surface area contributed by atoms with Crippen LogP contribution in [0.1, 0.15) is 50.3 Å². The van der Waals surface area contributed by atoms with Crippen molar-refractivity contribution in [2.45, 2.75) is 45.6 Å². The van der Waals surface area contributed by atoms with Gasteiger partial charge in [-0.25, -0.2) is 0 Å². The molecular formula is C14H21NO. The van der Waals surface area contributed by atoms with E-state index in [9.17, 15) is 4.79 Å². The normalized spacial score (nSPS) is 12.4. The Kier molecular flexibility index (Phi) is 5.20. The van der Waals surface area contributed by atoms with Gasteiger partial charge in [-0.3, -0.25) is 0 Å². The van der Waals surface area contributed by atoms with Gasteiger partial charge in [0.15, 0.2) is 0 Å². The third-order valence-electron chi connectivity index (χ3n) is 2.75. The summed E-state index contributed by atoms with van der Waals surface area (Å²) in [6.45, 7) is 3.78. The molecule has 1 rings (SSSR count). The van der Waals surface area contributed by atoms with Crippen molar-refractivity contribution in [2.75, 3.05) is 0 Å². The lowest BCUT2D eigenvalue weighted by atomic mass is 9.99. The molecule has 0 fully saturated rings. The van der Waals surface area contributed by atoms with Crippen LogP contribution in [0.4, 0.5) is 0 Å². The van der Waals surface area contributed by atoms with Crippen LogP contribution < -0.4 is 5.73 Å². The summed E-state index contributed by atoms with van der Waals surface area (Å²) in [5.74, 6) is 0.207. The van der Waals surface area contributed by atoms with E-state index in [1.54, 1.807) is 6.92 Å². The van der Waals surface area contributed by atoms with Crippen LogP contribution in [0.3, 0.4) is 0 Å². The van der Waals surface area contributed by atoms with Crippen LogP contribution >= 0.6 is 0 Å². The highest BCUT2D eigenvalue weighted by Crippen LogP contribution is 2.17. The Labute approximate surface area is 97.9 Å². The van der Waals surface area contributed by atoms with Gasteiger partial charge in [0.1, 0.15) is 5.78 Å². The predicted octanol–water partition coefficient (Wildman–Crippen LogP) is 3.01. The van der Waals surface area contributed by atoms with Crippen molar-refractivity contribution in [1.29, 1.82) is 0 Å². The number of carbonyl (C=O) groups is 1. The van der Waals surface area contributed by atoms with Gasteiger partial charge >= 0.3 is 0 Å². The number of hydrogen-bond donors (Lipinski definition) is 1. The number of Topliss-reactive ketones (excluding diaryl/α,β-unsaturated/α-hetero) is 1. The Hall–Kier alpha value is -1.15. The van der Waals surface area contributed by atoms with Crippen molar-refractivity contribution in [3.63, 3.8) is 0 Å². The topological polar surface area (TPSA) is 43.1 Å². The van der Waals surface area contributed by atoms with E-state index in [4.69, 9.17) is 5.73 Å². The monoisotopic (exact) mass is 219 g/mol. The zero-order valence-corrected chi connectivity index (χ0v) is 10.2. The second-order valence-corrected chi connectivity index (χ2v) is 4.34. The summed E-state index contributed by atoms with van der Waals surface area (Å²) < 4.78 is 0. The molecule has 2 heteroatoms. The number of hydrogen-bond acceptors (Lipinski definition) is 2. The van der Waals surface area contributed by atoms with E-state index in [0.717, 1.165) is 24.8 Å².